The lowest BCUT2D eigenvalue weighted by molar-refractivity contribution is 0.147. The Morgan fingerprint density at radius 1 is 1.47 bits per heavy atom. The molecule has 0 saturated heterocycles. The van der Waals surface area contributed by atoms with Crippen molar-refractivity contribution in [1.29, 1.82) is 0 Å². The van der Waals surface area contributed by atoms with Crippen molar-refractivity contribution < 1.29 is 14.3 Å². The summed E-state index contributed by atoms with van der Waals surface area (Å²) in [5.74, 6) is 0.741. The molecule has 0 aliphatic heterocycles. The van der Waals surface area contributed by atoms with E-state index in [1.165, 1.54) is 7.11 Å². The molecular weight excluding hydrogens is 264 g/mol. The van der Waals surface area contributed by atoms with E-state index in [1.54, 1.807) is 18.2 Å². The van der Waals surface area contributed by atoms with Crippen LogP contribution in [0.25, 0.3) is 0 Å². The van der Waals surface area contributed by atoms with Crippen molar-refractivity contribution >= 4 is 29.0 Å². The lowest BCUT2D eigenvalue weighted by Gasteiger charge is -2.14. The minimum absolute atomic E-state index is 0.179. The standard InChI is InChI=1S/C13H18N2O3S/c1-8(2)7-18-13(16)15-11-9(12(14)19)5-4-6-10(11)17-3/h4-6,8H,7H2,1-3H3,(H2,14,19)(H,15,16). The summed E-state index contributed by atoms with van der Waals surface area (Å²) in [4.78, 5) is 11.9. The number of benzene rings is 1. The maximum absolute atomic E-state index is 11.7. The van der Waals surface area contributed by atoms with E-state index in [2.05, 4.69) is 5.32 Å². The summed E-state index contributed by atoms with van der Waals surface area (Å²) in [6, 6.07) is 5.17. The summed E-state index contributed by atoms with van der Waals surface area (Å²) in [5.41, 5.74) is 6.58. The number of carbonyl (C=O) groups excluding carboxylic acids is 1. The molecule has 0 saturated carbocycles. The number of nitrogens with one attached hydrogen (secondary N) is 1. The topological polar surface area (TPSA) is 73.6 Å². The smallest absolute Gasteiger partial charge is 0.411 e. The Morgan fingerprint density at radius 3 is 2.68 bits per heavy atom. The van der Waals surface area contributed by atoms with Crippen molar-refractivity contribution in [3.05, 3.63) is 23.8 Å². The molecule has 1 aromatic rings. The van der Waals surface area contributed by atoms with Gasteiger partial charge < -0.3 is 15.2 Å². The van der Waals surface area contributed by atoms with Gasteiger partial charge in [-0.2, -0.15) is 0 Å². The zero-order valence-electron chi connectivity index (χ0n) is 11.2. The van der Waals surface area contributed by atoms with E-state index in [4.69, 9.17) is 27.4 Å². The van der Waals surface area contributed by atoms with Gasteiger partial charge in [0.05, 0.1) is 19.4 Å². The Hall–Kier alpha value is -1.82. The van der Waals surface area contributed by atoms with Crippen LogP contribution in [0.15, 0.2) is 18.2 Å². The van der Waals surface area contributed by atoms with Crippen LogP contribution in [-0.4, -0.2) is 24.8 Å². The van der Waals surface area contributed by atoms with Crippen molar-refractivity contribution in [3.63, 3.8) is 0 Å². The molecule has 104 valence electrons. The average Bonchev–Trinajstić information content (AvgIpc) is 2.36. The second-order valence-electron chi connectivity index (χ2n) is 4.36. The highest BCUT2D eigenvalue weighted by molar-refractivity contribution is 7.80. The van der Waals surface area contributed by atoms with Crippen molar-refractivity contribution in [2.45, 2.75) is 13.8 Å². The van der Waals surface area contributed by atoms with E-state index < -0.39 is 6.09 Å². The Morgan fingerprint density at radius 2 is 2.16 bits per heavy atom. The molecule has 0 radical (unpaired) electrons. The number of methoxy groups -OCH3 is 1. The predicted octanol–water partition coefficient (Wildman–Crippen LogP) is 2.53. The van der Waals surface area contributed by atoms with Crippen LogP contribution in [0.5, 0.6) is 5.75 Å². The summed E-state index contributed by atoms with van der Waals surface area (Å²) >= 11 is 4.95. The number of rotatable bonds is 5. The van der Waals surface area contributed by atoms with Gasteiger partial charge in [0.15, 0.2) is 0 Å². The molecule has 0 aliphatic rings. The minimum atomic E-state index is -0.560. The molecule has 6 heteroatoms. The zero-order chi connectivity index (χ0) is 14.4. The molecule has 1 rings (SSSR count). The van der Waals surface area contributed by atoms with Gasteiger partial charge in [-0.3, -0.25) is 5.32 Å². The molecule has 0 aromatic heterocycles. The normalized spacial score (nSPS) is 10.1. The number of hydrogen-bond donors (Lipinski definition) is 2. The zero-order valence-corrected chi connectivity index (χ0v) is 12.0. The number of para-hydroxylation sites is 1. The van der Waals surface area contributed by atoms with Crippen LogP contribution in [-0.2, 0) is 4.74 Å². The Labute approximate surface area is 118 Å². The summed E-state index contributed by atoms with van der Waals surface area (Å²) in [7, 11) is 1.50. The highest BCUT2D eigenvalue weighted by atomic mass is 32.1. The minimum Gasteiger partial charge on any atom is -0.495 e. The Kier molecular flexibility index (Phi) is 5.57. The fourth-order valence-electron chi connectivity index (χ4n) is 1.42. The van der Waals surface area contributed by atoms with Gasteiger partial charge in [0.25, 0.3) is 0 Å². The second kappa shape index (κ2) is 6.94. The van der Waals surface area contributed by atoms with Gasteiger partial charge in [-0.15, -0.1) is 0 Å². The molecule has 0 spiro atoms. The first-order chi connectivity index (χ1) is 8.95. The average molecular weight is 282 g/mol. The quantitative estimate of drug-likeness (QED) is 0.812. The van der Waals surface area contributed by atoms with Gasteiger partial charge in [0.1, 0.15) is 10.7 Å². The summed E-state index contributed by atoms with van der Waals surface area (Å²) < 4.78 is 10.2. The van der Waals surface area contributed by atoms with Gasteiger partial charge in [0.2, 0.25) is 0 Å². The summed E-state index contributed by atoms with van der Waals surface area (Å²) in [5, 5.41) is 2.61. The van der Waals surface area contributed by atoms with Crippen LogP contribution in [0.4, 0.5) is 10.5 Å². The monoisotopic (exact) mass is 282 g/mol. The highest BCUT2D eigenvalue weighted by Gasteiger charge is 2.14. The van der Waals surface area contributed by atoms with Crippen LogP contribution in [0.3, 0.4) is 0 Å². The molecule has 0 atom stereocenters. The number of nitrogens with two attached hydrogens (primary N) is 1. The molecular formula is C13H18N2O3S. The number of anilines is 1. The Balaban J connectivity index is 2.92. The number of carbonyl (C=O) groups is 1. The molecule has 1 aromatic carbocycles. The number of ether oxygens (including phenoxy) is 2. The maximum atomic E-state index is 11.7. The van der Waals surface area contributed by atoms with E-state index in [0.717, 1.165) is 0 Å². The molecule has 0 bridgehead atoms. The fraction of sp³-hybridized carbons (Fsp3) is 0.385. The van der Waals surface area contributed by atoms with Gasteiger partial charge in [-0.25, -0.2) is 4.79 Å². The van der Waals surface area contributed by atoms with Crippen molar-refractivity contribution in [2.24, 2.45) is 11.7 Å². The first-order valence-electron chi connectivity index (χ1n) is 5.86. The molecule has 5 nitrogen and oxygen atoms in total. The molecule has 0 aliphatic carbocycles. The molecule has 0 heterocycles. The van der Waals surface area contributed by atoms with E-state index in [9.17, 15) is 4.79 Å². The van der Waals surface area contributed by atoms with Crippen LogP contribution in [0.2, 0.25) is 0 Å². The highest BCUT2D eigenvalue weighted by Crippen LogP contribution is 2.28. The molecule has 3 N–H and O–H groups in total. The maximum Gasteiger partial charge on any atom is 0.411 e. The molecule has 1 amide bonds. The van der Waals surface area contributed by atoms with Crippen LogP contribution in [0, 0.1) is 5.92 Å². The molecule has 0 fully saturated rings. The van der Waals surface area contributed by atoms with Gasteiger partial charge in [0, 0.05) is 5.56 Å². The SMILES string of the molecule is COc1cccc(C(N)=S)c1NC(=O)OCC(C)C. The van der Waals surface area contributed by atoms with Gasteiger partial charge in [-0.05, 0) is 18.1 Å². The van der Waals surface area contributed by atoms with Crippen LogP contribution >= 0.6 is 12.2 Å². The lowest BCUT2D eigenvalue weighted by Crippen LogP contribution is -2.20. The van der Waals surface area contributed by atoms with E-state index in [1.807, 2.05) is 13.8 Å². The lowest BCUT2D eigenvalue weighted by atomic mass is 10.1. The summed E-state index contributed by atoms with van der Waals surface area (Å²) in [6.07, 6.45) is -0.560. The van der Waals surface area contributed by atoms with E-state index in [0.29, 0.717) is 23.6 Å². The van der Waals surface area contributed by atoms with E-state index in [-0.39, 0.29) is 10.9 Å². The third kappa shape index (κ3) is 4.40. The van der Waals surface area contributed by atoms with Crippen molar-refractivity contribution in [1.82, 2.24) is 0 Å². The third-order valence-electron chi connectivity index (χ3n) is 2.29. The number of amides is 1. The first-order valence-corrected chi connectivity index (χ1v) is 6.27. The summed E-state index contributed by atoms with van der Waals surface area (Å²) in [6.45, 7) is 4.25. The number of hydrogen-bond acceptors (Lipinski definition) is 4. The van der Waals surface area contributed by atoms with Crippen molar-refractivity contribution in [2.75, 3.05) is 19.0 Å². The first kappa shape index (κ1) is 15.2. The molecule has 0 unspecified atom stereocenters. The Bertz CT molecular complexity index is 475. The second-order valence-corrected chi connectivity index (χ2v) is 4.80. The number of thiocarbonyl (C=S) groups is 1. The third-order valence-corrected chi connectivity index (χ3v) is 2.51. The van der Waals surface area contributed by atoms with Crippen LogP contribution < -0.4 is 15.8 Å². The fourth-order valence-corrected chi connectivity index (χ4v) is 1.59. The predicted molar refractivity (Wildman–Crippen MR) is 78.7 cm³/mol. The van der Waals surface area contributed by atoms with E-state index >= 15 is 0 Å². The molecule has 19 heavy (non-hydrogen) atoms. The van der Waals surface area contributed by atoms with Crippen molar-refractivity contribution in [3.8, 4) is 5.75 Å². The largest absolute Gasteiger partial charge is 0.495 e. The van der Waals surface area contributed by atoms with Gasteiger partial charge in [-0.1, -0.05) is 32.1 Å². The van der Waals surface area contributed by atoms with Gasteiger partial charge >= 0.3 is 6.09 Å². The van der Waals surface area contributed by atoms with Crippen LogP contribution in [0.1, 0.15) is 19.4 Å².